The minimum Gasteiger partial charge on any atom is -0.349 e. The van der Waals surface area contributed by atoms with Crippen molar-refractivity contribution in [1.82, 2.24) is 14.8 Å². The molecule has 1 aromatic heterocycles. The summed E-state index contributed by atoms with van der Waals surface area (Å²) in [7, 11) is 0. The van der Waals surface area contributed by atoms with Crippen molar-refractivity contribution >= 4 is 23.4 Å². The van der Waals surface area contributed by atoms with E-state index in [1.165, 1.54) is 31.2 Å². The summed E-state index contributed by atoms with van der Waals surface area (Å²) in [6.07, 6.45) is 0. The number of urea groups is 1. The van der Waals surface area contributed by atoms with Crippen LogP contribution in [0.1, 0.15) is 41.2 Å². The van der Waals surface area contributed by atoms with Crippen LogP contribution in [-0.2, 0) is 16.9 Å². The number of ketones is 1. The minimum atomic E-state index is -1.40. The fraction of sp³-hybridized carbons (Fsp3) is 0.350. The molecule has 0 saturated carbocycles. The second-order valence-electron chi connectivity index (χ2n) is 7.20. The molecule has 1 fully saturated rings. The number of Topliss-reactive ketones (excluding diaryl/α,β-unsaturated/α-hetero) is 1. The van der Waals surface area contributed by atoms with E-state index in [-0.39, 0.29) is 18.0 Å². The maximum atomic E-state index is 13.0. The van der Waals surface area contributed by atoms with E-state index in [1.54, 1.807) is 6.07 Å². The molecule has 1 unspecified atom stereocenters. The van der Waals surface area contributed by atoms with Crippen LogP contribution in [0.2, 0.25) is 0 Å². The minimum absolute atomic E-state index is 0.118. The summed E-state index contributed by atoms with van der Waals surface area (Å²) in [6.45, 7) is 7.56. The van der Waals surface area contributed by atoms with Gasteiger partial charge in [-0.25, -0.2) is 4.79 Å². The lowest BCUT2D eigenvalue weighted by atomic mass is 9.92. The lowest BCUT2D eigenvalue weighted by molar-refractivity contribution is -0.384. The van der Waals surface area contributed by atoms with Gasteiger partial charge in [-0.15, -0.1) is 0 Å². The molecule has 0 spiro atoms. The molecule has 1 aliphatic rings. The number of nitrogens with zero attached hydrogens (tertiary/aromatic N) is 3. The number of imide groups is 1. The Morgan fingerprint density at radius 2 is 1.83 bits per heavy atom. The van der Waals surface area contributed by atoms with E-state index in [0.29, 0.717) is 17.7 Å². The van der Waals surface area contributed by atoms with Crippen LogP contribution in [0.25, 0.3) is 0 Å². The maximum Gasteiger partial charge on any atom is 0.325 e. The van der Waals surface area contributed by atoms with Crippen LogP contribution in [0.4, 0.5) is 10.5 Å². The Kier molecular flexibility index (Phi) is 5.00. The molecule has 1 saturated heterocycles. The van der Waals surface area contributed by atoms with Gasteiger partial charge in [0.1, 0.15) is 5.54 Å². The van der Waals surface area contributed by atoms with Crippen molar-refractivity contribution in [1.29, 1.82) is 0 Å². The summed E-state index contributed by atoms with van der Waals surface area (Å²) in [5.74, 6) is -0.900. The zero-order valence-electron chi connectivity index (χ0n) is 16.7. The first-order valence-electron chi connectivity index (χ1n) is 9.19. The van der Waals surface area contributed by atoms with E-state index in [9.17, 15) is 24.5 Å². The molecular weight excluding hydrogens is 376 g/mol. The number of amides is 3. The van der Waals surface area contributed by atoms with Crippen LogP contribution < -0.4 is 5.32 Å². The van der Waals surface area contributed by atoms with Crippen molar-refractivity contribution in [2.75, 3.05) is 6.54 Å². The number of carbonyl (C=O) groups excluding carboxylic acids is 3. The van der Waals surface area contributed by atoms with Gasteiger partial charge in [0, 0.05) is 35.6 Å². The number of aryl methyl sites for hydroxylation is 1. The molecule has 152 valence electrons. The highest BCUT2D eigenvalue weighted by molar-refractivity contribution is 6.11. The van der Waals surface area contributed by atoms with Crippen LogP contribution in [0.5, 0.6) is 0 Å². The maximum absolute atomic E-state index is 13.0. The van der Waals surface area contributed by atoms with E-state index in [1.807, 2.05) is 25.3 Å². The molecule has 1 aromatic carbocycles. The molecule has 1 aliphatic heterocycles. The molecule has 2 aromatic rings. The van der Waals surface area contributed by atoms with Crippen LogP contribution >= 0.6 is 0 Å². The smallest absolute Gasteiger partial charge is 0.325 e. The van der Waals surface area contributed by atoms with E-state index < -0.39 is 22.4 Å². The highest BCUT2D eigenvalue weighted by Crippen LogP contribution is 2.30. The van der Waals surface area contributed by atoms with Gasteiger partial charge in [-0.3, -0.25) is 24.6 Å². The molecule has 9 heteroatoms. The third-order valence-corrected chi connectivity index (χ3v) is 5.42. The van der Waals surface area contributed by atoms with E-state index in [4.69, 9.17) is 0 Å². The van der Waals surface area contributed by atoms with Gasteiger partial charge in [-0.1, -0.05) is 0 Å². The highest BCUT2D eigenvalue weighted by atomic mass is 16.6. The first kappa shape index (κ1) is 20.2. The van der Waals surface area contributed by atoms with Crippen molar-refractivity contribution in [3.63, 3.8) is 0 Å². The molecule has 0 aliphatic carbocycles. The van der Waals surface area contributed by atoms with Crippen LogP contribution in [0.3, 0.4) is 0 Å². The molecule has 2 heterocycles. The number of aromatic nitrogens is 1. The number of nitro benzene ring substituents is 1. The third-order valence-electron chi connectivity index (χ3n) is 5.42. The monoisotopic (exact) mass is 398 g/mol. The average molecular weight is 398 g/mol. The molecule has 1 N–H and O–H groups in total. The Balaban J connectivity index is 1.85. The predicted octanol–water partition coefficient (Wildman–Crippen LogP) is 2.68. The largest absolute Gasteiger partial charge is 0.349 e. The van der Waals surface area contributed by atoms with E-state index in [2.05, 4.69) is 5.32 Å². The highest BCUT2D eigenvalue weighted by Gasteiger charge is 2.49. The molecule has 0 bridgehead atoms. The molecular formula is C20H22N4O5. The quantitative estimate of drug-likeness (QED) is 0.348. The lowest BCUT2D eigenvalue weighted by Gasteiger charge is -2.22. The lowest BCUT2D eigenvalue weighted by Crippen LogP contribution is -2.41. The Hall–Kier alpha value is -3.49. The topological polar surface area (TPSA) is 115 Å². The Morgan fingerprint density at radius 1 is 1.21 bits per heavy atom. The van der Waals surface area contributed by atoms with Crippen molar-refractivity contribution < 1.29 is 19.3 Å². The van der Waals surface area contributed by atoms with Gasteiger partial charge in [-0.05, 0) is 51.5 Å². The molecule has 3 amide bonds. The number of non-ortho nitro benzene ring substituents is 1. The van der Waals surface area contributed by atoms with E-state index in [0.717, 1.165) is 16.3 Å². The summed E-state index contributed by atoms with van der Waals surface area (Å²) < 4.78 is 1.99. The molecule has 3 rings (SSSR count). The van der Waals surface area contributed by atoms with Gasteiger partial charge < -0.3 is 9.88 Å². The Labute approximate surface area is 167 Å². The molecule has 9 nitrogen and oxygen atoms in total. The normalized spacial score (nSPS) is 18.8. The molecule has 29 heavy (non-hydrogen) atoms. The Morgan fingerprint density at radius 3 is 2.34 bits per heavy atom. The summed E-state index contributed by atoms with van der Waals surface area (Å²) in [6, 6.07) is 6.48. The number of nitro groups is 1. The number of nitrogens with one attached hydrogen (secondary N) is 1. The van der Waals surface area contributed by atoms with Gasteiger partial charge in [-0.2, -0.15) is 0 Å². The number of carbonyl (C=O) groups is 3. The van der Waals surface area contributed by atoms with Gasteiger partial charge in [0.25, 0.3) is 11.6 Å². The summed E-state index contributed by atoms with van der Waals surface area (Å²) in [4.78, 5) is 49.4. The second-order valence-corrected chi connectivity index (χ2v) is 7.20. The number of benzene rings is 1. The zero-order chi connectivity index (χ0) is 21.5. The number of hydrogen-bond acceptors (Lipinski definition) is 5. The number of hydrogen-bond donors (Lipinski definition) is 1. The fourth-order valence-corrected chi connectivity index (χ4v) is 3.75. The fourth-order valence-electron chi connectivity index (χ4n) is 3.75. The first-order chi connectivity index (χ1) is 13.6. The van der Waals surface area contributed by atoms with Crippen molar-refractivity contribution in [2.45, 2.75) is 39.8 Å². The average Bonchev–Trinajstić information content (AvgIpc) is 3.09. The van der Waals surface area contributed by atoms with Gasteiger partial charge >= 0.3 is 6.03 Å². The Bertz CT molecular complexity index is 1020. The first-order valence-corrected chi connectivity index (χ1v) is 9.19. The SMILES string of the molecule is CCn1c(C)cc(C(=O)CN2C(=O)NC(C)(c3ccc([N+](=O)[O-])cc3)C2=O)c1C. The molecule has 0 radical (unpaired) electrons. The third kappa shape index (κ3) is 3.28. The van der Waals surface area contributed by atoms with Crippen LogP contribution in [0.15, 0.2) is 30.3 Å². The zero-order valence-corrected chi connectivity index (χ0v) is 16.7. The predicted molar refractivity (Wildman–Crippen MR) is 105 cm³/mol. The van der Waals surface area contributed by atoms with Gasteiger partial charge in [0.2, 0.25) is 0 Å². The summed E-state index contributed by atoms with van der Waals surface area (Å²) in [5.41, 5.74) is 1.09. The van der Waals surface area contributed by atoms with Crippen LogP contribution in [0, 0.1) is 24.0 Å². The number of rotatable bonds is 6. The van der Waals surface area contributed by atoms with E-state index >= 15 is 0 Å². The van der Waals surface area contributed by atoms with Crippen molar-refractivity contribution in [3.8, 4) is 0 Å². The van der Waals surface area contributed by atoms with Crippen LogP contribution in [-0.4, -0.2) is 38.7 Å². The van der Waals surface area contributed by atoms with Crippen molar-refractivity contribution in [3.05, 3.63) is 63.0 Å². The van der Waals surface area contributed by atoms with Gasteiger partial charge in [0.15, 0.2) is 5.78 Å². The van der Waals surface area contributed by atoms with Crippen molar-refractivity contribution in [2.24, 2.45) is 0 Å². The summed E-state index contributed by atoms with van der Waals surface area (Å²) in [5, 5.41) is 13.4. The summed E-state index contributed by atoms with van der Waals surface area (Å²) >= 11 is 0. The van der Waals surface area contributed by atoms with Gasteiger partial charge in [0.05, 0.1) is 11.5 Å². The molecule has 1 atom stereocenters. The standard InChI is InChI=1S/C20H22N4O5/c1-5-22-12(2)10-16(13(22)3)17(25)11-23-18(26)20(4,21-19(23)27)14-6-8-15(9-7-14)24(28)29/h6-10H,5,11H2,1-4H3,(H,21,27). The second kappa shape index (κ2) is 7.16.